The molecule has 0 aliphatic heterocycles. The molecule has 3 atom stereocenters. The van der Waals surface area contributed by atoms with Crippen LogP contribution in [0, 0.1) is 11.8 Å². The van der Waals surface area contributed by atoms with Crippen LogP contribution in [0.15, 0.2) is 30.3 Å². The number of aliphatic hydroxyl groups excluding tert-OH is 1. The lowest BCUT2D eigenvalue weighted by atomic mass is 9.93. The second-order valence-corrected chi connectivity index (χ2v) is 5.44. The molecule has 0 bridgehead atoms. The fourth-order valence-electron chi connectivity index (χ4n) is 3.03. The van der Waals surface area contributed by atoms with E-state index in [0.29, 0.717) is 5.92 Å². The molecule has 3 unspecified atom stereocenters. The SMILES string of the molecule is CCC1CCC(C(O)CCc2ccccc2)C1. The molecule has 1 aliphatic carbocycles. The first-order valence-corrected chi connectivity index (χ1v) is 7.01. The van der Waals surface area contributed by atoms with Crippen molar-refractivity contribution in [2.75, 3.05) is 0 Å². The largest absolute Gasteiger partial charge is 0.393 e. The molecule has 1 nitrogen and oxygen atoms in total. The van der Waals surface area contributed by atoms with Crippen LogP contribution >= 0.6 is 0 Å². The molecule has 1 N–H and O–H groups in total. The molecule has 1 heteroatoms. The van der Waals surface area contributed by atoms with Gasteiger partial charge in [-0.05, 0) is 43.1 Å². The summed E-state index contributed by atoms with van der Waals surface area (Å²) in [7, 11) is 0. The normalized spacial score (nSPS) is 26.0. The Labute approximate surface area is 105 Å². The third-order valence-corrected chi connectivity index (χ3v) is 4.27. The summed E-state index contributed by atoms with van der Waals surface area (Å²) >= 11 is 0. The quantitative estimate of drug-likeness (QED) is 0.818. The van der Waals surface area contributed by atoms with Crippen molar-refractivity contribution in [1.29, 1.82) is 0 Å². The molecule has 1 saturated carbocycles. The second kappa shape index (κ2) is 6.20. The molecule has 0 amide bonds. The van der Waals surface area contributed by atoms with Crippen LogP contribution in [0.1, 0.15) is 44.6 Å². The highest BCUT2D eigenvalue weighted by atomic mass is 16.3. The van der Waals surface area contributed by atoms with Crippen molar-refractivity contribution in [2.45, 2.75) is 51.6 Å². The summed E-state index contributed by atoms with van der Waals surface area (Å²) < 4.78 is 0. The van der Waals surface area contributed by atoms with Gasteiger partial charge in [0.2, 0.25) is 0 Å². The van der Waals surface area contributed by atoms with Crippen LogP contribution in [0.5, 0.6) is 0 Å². The predicted octanol–water partition coefficient (Wildman–Crippen LogP) is 3.81. The zero-order valence-electron chi connectivity index (χ0n) is 10.8. The van der Waals surface area contributed by atoms with Crippen molar-refractivity contribution in [3.05, 3.63) is 35.9 Å². The van der Waals surface area contributed by atoms with Crippen LogP contribution < -0.4 is 0 Å². The van der Waals surface area contributed by atoms with Crippen molar-refractivity contribution in [3.8, 4) is 0 Å². The van der Waals surface area contributed by atoms with Crippen LogP contribution in [0.4, 0.5) is 0 Å². The van der Waals surface area contributed by atoms with Gasteiger partial charge >= 0.3 is 0 Å². The van der Waals surface area contributed by atoms with Crippen LogP contribution in [0.25, 0.3) is 0 Å². The highest BCUT2D eigenvalue weighted by Crippen LogP contribution is 2.35. The molecule has 0 spiro atoms. The smallest absolute Gasteiger partial charge is 0.0571 e. The van der Waals surface area contributed by atoms with Gasteiger partial charge in [0.25, 0.3) is 0 Å². The summed E-state index contributed by atoms with van der Waals surface area (Å²) in [6.07, 6.45) is 6.92. The van der Waals surface area contributed by atoms with Gasteiger partial charge in [-0.3, -0.25) is 0 Å². The molecule has 94 valence electrons. The van der Waals surface area contributed by atoms with Crippen LogP contribution in [0.2, 0.25) is 0 Å². The Kier molecular flexibility index (Phi) is 4.61. The molecule has 0 heterocycles. The zero-order valence-corrected chi connectivity index (χ0v) is 10.8. The van der Waals surface area contributed by atoms with Gasteiger partial charge in [-0.2, -0.15) is 0 Å². The first-order chi connectivity index (χ1) is 8.29. The Morgan fingerprint density at radius 3 is 2.65 bits per heavy atom. The first kappa shape index (κ1) is 12.6. The van der Waals surface area contributed by atoms with E-state index in [4.69, 9.17) is 0 Å². The maximum atomic E-state index is 10.2. The molecule has 2 rings (SSSR count). The fraction of sp³-hybridized carbons (Fsp3) is 0.625. The average molecular weight is 232 g/mol. The van der Waals surface area contributed by atoms with Gasteiger partial charge in [-0.1, -0.05) is 50.1 Å². The van der Waals surface area contributed by atoms with E-state index in [1.54, 1.807) is 0 Å². The minimum Gasteiger partial charge on any atom is -0.393 e. The number of benzene rings is 1. The number of hydrogen-bond donors (Lipinski definition) is 1. The van der Waals surface area contributed by atoms with Crippen molar-refractivity contribution < 1.29 is 5.11 Å². The van der Waals surface area contributed by atoms with E-state index in [1.807, 2.05) is 6.07 Å². The van der Waals surface area contributed by atoms with E-state index in [0.717, 1.165) is 18.8 Å². The highest BCUT2D eigenvalue weighted by molar-refractivity contribution is 5.14. The van der Waals surface area contributed by atoms with E-state index in [9.17, 15) is 5.11 Å². The Balaban J connectivity index is 1.76. The van der Waals surface area contributed by atoms with Gasteiger partial charge in [0.15, 0.2) is 0 Å². The topological polar surface area (TPSA) is 20.2 Å². The molecule has 1 aromatic carbocycles. The number of aryl methyl sites for hydroxylation is 1. The van der Waals surface area contributed by atoms with Gasteiger partial charge in [-0.25, -0.2) is 0 Å². The maximum Gasteiger partial charge on any atom is 0.0571 e. The molecule has 1 aromatic rings. The lowest BCUT2D eigenvalue weighted by Crippen LogP contribution is -2.18. The molecule has 0 saturated heterocycles. The lowest BCUT2D eigenvalue weighted by molar-refractivity contribution is 0.0998. The summed E-state index contributed by atoms with van der Waals surface area (Å²) in [5.41, 5.74) is 1.34. The Morgan fingerprint density at radius 1 is 1.24 bits per heavy atom. The Hall–Kier alpha value is -0.820. The van der Waals surface area contributed by atoms with Crippen molar-refractivity contribution in [2.24, 2.45) is 11.8 Å². The first-order valence-electron chi connectivity index (χ1n) is 7.01. The van der Waals surface area contributed by atoms with Gasteiger partial charge in [-0.15, -0.1) is 0 Å². The molecular formula is C16H24O. The van der Waals surface area contributed by atoms with E-state index < -0.39 is 0 Å². The number of rotatable bonds is 5. The van der Waals surface area contributed by atoms with Gasteiger partial charge in [0.05, 0.1) is 6.10 Å². The number of hydrogen-bond acceptors (Lipinski definition) is 1. The average Bonchev–Trinajstić information content (AvgIpc) is 2.86. The minimum absolute atomic E-state index is 0.0910. The summed E-state index contributed by atoms with van der Waals surface area (Å²) in [4.78, 5) is 0. The molecule has 17 heavy (non-hydrogen) atoms. The third-order valence-electron chi connectivity index (χ3n) is 4.27. The molecule has 0 aromatic heterocycles. The molecule has 1 fully saturated rings. The van der Waals surface area contributed by atoms with E-state index in [2.05, 4.69) is 31.2 Å². The zero-order chi connectivity index (χ0) is 12.1. The predicted molar refractivity (Wildman–Crippen MR) is 71.9 cm³/mol. The minimum atomic E-state index is -0.0910. The van der Waals surface area contributed by atoms with Crippen LogP contribution in [-0.4, -0.2) is 11.2 Å². The van der Waals surface area contributed by atoms with Gasteiger partial charge in [0, 0.05) is 0 Å². The van der Waals surface area contributed by atoms with Crippen molar-refractivity contribution >= 4 is 0 Å². The molecular weight excluding hydrogens is 208 g/mol. The van der Waals surface area contributed by atoms with E-state index in [-0.39, 0.29) is 6.10 Å². The molecule has 1 aliphatic rings. The Bertz CT molecular complexity index is 320. The molecule has 0 radical (unpaired) electrons. The highest BCUT2D eigenvalue weighted by Gasteiger charge is 2.28. The third kappa shape index (κ3) is 3.57. The summed E-state index contributed by atoms with van der Waals surface area (Å²) in [5.74, 6) is 1.43. The maximum absolute atomic E-state index is 10.2. The van der Waals surface area contributed by atoms with Crippen molar-refractivity contribution in [3.63, 3.8) is 0 Å². The van der Waals surface area contributed by atoms with Gasteiger partial charge < -0.3 is 5.11 Å². The lowest BCUT2D eigenvalue weighted by Gasteiger charge is -2.18. The van der Waals surface area contributed by atoms with Crippen LogP contribution in [-0.2, 0) is 6.42 Å². The monoisotopic (exact) mass is 232 g/mol. The Morgan fingerprint density at radius 2 is 2.00 bits per heavy atom. The van der Waals surface area contributed by atoms with Crippen molar-refractivity contribution in [1.82, 2.24) is 0 Å². The van der Waals surface area contributed by atoms with E-state index in [1.165, 1.54) is 31.2 Å². The summed E-state index contributed by atoms with van der Waals surface area (Å²) in [6.45, 7) is 2.27. The van der Waals surface area contributed by atoms with E-state index >= 15 is 0 Å². The van der Waals surface area contributed by atoms with Crippen LogP contribution in [0.3, 0.4) is 0 Å². The standard InChI is InChI=1S/C16H24O/c1-2-13-8-10-15(12-13)16(17)11-9-14-6-4-3-5-7-14/h3-7,13,15-17H,2,8-12H2,1H3. The summed E-state index contributed by atoms with van der Waals surface area (Å²) in [5, 5.41) is 10.2. The second-order valence-electron chi connectivity index (χ2n) is 5.44. The van der Waals surface area contributed by atoms with Gasteiger partial charge in [0.1, 0.15) is 0 Å². The summed E-state index contributed by atoms with van der Waals surface area (Å²) in [6, 6.07) is 10.5. The fourth-order valence-corrected chi connectivity index (χ4v) is 3.03. The number of aliphatic hydroxyl groups is 1.